The number of nitrogens with one attached hydrogen (secondary N) is 4. The molecule has 8 N–H and O–H groups in total. The lowest BCUT2D eigenvalue weighted by Gasteiger charge is -2.38. The SMILES string of the molecule is Cc1cc(OCCCC(=O)NCCC[C@@H](N)CS(=O)(=O)O)cc(C)c1S(=O)(=O)N[C@@H](CNC(=O)C1CC(=O)c2ccc(CNc3nccn3C(c3ccccc3)(c3ccccc3)c3ccccc3)cc2N1C)C(=O)O. The minimum absolute atomic E-state index is 0.120. The number of ketones is 1. The van der Waals surface area contributed by atoms with Crippen LogP contribution in [0, 0.1) is 13.8 Å². The molecule has 1 aromatic heterocycles. The average molecular weight is 1060 g/mol. The van der Waals surface area contributed by atoms with Crippen molar-refractivity contribution in [3.63, 3.8) is 0 Å². The third-order valence-electron chi connectivity index (χ3n) is 13.0. The number of sulfonamides is 1. The summed E-state index contributed by atoms with van der Waals surface area (Å²) in [4.78, 5) is 58.4. The molecule has 2 heterocycles. The zero-order chi connectivity index (χ0) is 53.9. The van der Waals surface area contributed by atoms with E-state index in [0.717, 1.165) is 22.3 Å². The van der Waals surface area contributed by atoms with Gasteiger partial charge >= 0.3 is 5.97 Å². The molecular formula is C54H62N8O11S2. The van der Waals surface area contributed by atoms with Gasteiger partial charge in [-0.25, -0.2) is 13.4 Å². The first kappa shape index (κ1) is 55.3. The number of ether oxygens (including phenoxy) is 1. The van der Waals surface area contributed by atoms with Crippen molar-refractivity contribution in [2.24, 2.45) is 5.73 Å². The maximum atomic E-state index is 13.8. The number of imidazole rings is 1. The number of rotatable bonds is 25. The number of likely N-dealkylation sites (N-methyl/N-ethyl adjacent to an activating group) is 1. The van der Waals surface area contributed by atoms with Gasteiger partial charge in [0.05, 0.1) is 17.3 Å². The number of benzene rings is 5. The van der Waals surface area contributed by atoms with Crippen LogP contribution >= 0.6 is 0 Å². The predicted molar refractivity (Wildman–Crippen MR) is 284 cm³/mol. The molecule has 2 amide bonds. The number of aliphatic carboxylic acids is 1. The van der Waals surface area contributed by atoms with Gasteiger partial charge in [-0.1, -0.05) is 97.1 Å². The molecule has 19 nitrogen and oxygen atoms in total. The van der Waals surface area contributed by atoms with Crippen molar-refractivity contribution < 1.29 is 50.4 Å². The fourth-order valence-electron chi connectivity index (χ4n) is 9.54. The molecule has 0 radical (unpaired) electrons. The van der Waals surface area contributed by atoms with Gasteiger partial charge in [0.15, 0.2) is 5.78 Å². The maximum Gasteiger partial charge on any atom is 0.323 e. The molecule has 1 unspecified atom stereocenters. The topological polar surface area (TPSA) is 281 Å². The van der Waals surface area contributed by atoms with E-state index in [-0.39, 0.29) is 60.1 Å². The summed E-state index contributed by atoms with van der Waals surface area (Å²) in [6.45, 7) is 3.11. The second-order valence-electron chi connectivity index (χ2n) is 18.5. The lowest BCUT2D eigenvalue weighted by molar-refractivity contribution is -0.139. The number of Topliss-reactive ketones (excluding diaryl/α,β-unsaturated/α-hetero) is 1. The fraction of sp³-hybridized carbons (Fsp3) is 0.315. The highest BCUT2D eigenvalue weighted by Crippen LogP contribution is 2.42. The van der Waals surface area contributed by atoms with Crippen LogP contribution in [0.1, 0.15) is 75.8 Å². The molecule has 5 aromatic carbocycles. The molecule has 0 saturated carbocycles. The van der Waals surface area contributed by atoms with E-state index in [1.54, 1.807) is 24.2 Å². The van der Waals surface area contributed by atoms with Gasteiger partial charge in [0.25, 0.3) is 10.1 Å². The number of anilines is 2. The van der Waals surface area contributed by atoms with Crippen molar-refractivity contribution in [1.82, 2.24) is 24.9 Å². The second-order valence-corrected chi connectivity index (χ2v) is 21.6. The molecule has 0 fully saturated rings. The van der Waals surface area contributed by atoms with Crippen molar-refractivity contribution >= 4 is 55.3 Å². The summed E-state index contributed by atoms with van der Waals surface area (Å²) < 4.78 is 68.4. The summed E-state index contributed by atoms with van der Waals surface area (Å²) in [5, 5.41) is 18.9. The number of carboxylic acids is 1. The number of aromatic nitrogens is 2. The molecule has 396 valence electrons. The Morgan fingerprint density at radius 1 is 0.853 bits per heavy atom. The lowest BCUT2D eigenvalue weighted by atomic mass is 9.76. The van der Waals surface area contributed by atoms with E-state index in [0.29, 0.717) is 42.3 Å². The molecule has 0 saturated heterocycles. The van der Waals surface area contributed by atoms with E-state index < -0.39 is 68.0 Å². The number of fused-ring (bicyclic) bond motifs is 1. The molecular weight excluding hydrogens is 1000 g/mol. The van der Waals surface area contributed by atoms with E-state index in [1.165, 1.54) is 26.0 Å². The van der Waals surface area contributed by atoms with Gasteiger partial charge < -0.3 is 36.4 Å². The van der Waals surface area contributed by atoms with Crippen LogP contribution in [0.15, 0.2) is 139 Å². The third-order valence-corrected chi connectivity index (χ3v) is 15.6. The Kier molecular flexibility index (Phi) is 17.9. The van der Waals surface area contributed by atoms with Gasteiger partial charge in [0.1, 0.15) is 23.4 Å². The maximum absolute atomic E-state index is 13.8. The minimum atomic E-state index is -4.47. The van der Waals surface area contributed by atoms with Crippen LogP contribution in [0.2, 0.25) is 0 Å². The van der Waals surface area contributed by atoms with Crippen LogP contribution in [-0.4, -0.2) is 110 Å². The van der Waals surface area contributed by atoms with Crippen LogP contribution in [0.3, 0.4) is 0 Å². The monoisotopic (exact) mass is 1060 g/mol. The first-order chi connectivity index (χ1) is 35.8. The van der Waals surface area contributed by atoms with Gasteiger partial charge in [-0.05, 0) is 90.8 Å². The normalized spacial score (nSPS) is 14.6. The molecule has 7 rings (SSSR count). The molecule has 6 aromatic rings. The van der Waals surface area contributed by atoms with Crippen LogP contribution in [0.25, 0.3) is 0 Å². The first-order valence-electron chi connectivity index (χ1n) is 24.4. The Labute approximate surface area is 436 Å². The van der Waals surface area contributed by atoms with E-state index in [2.05, 4.69) is 61.6 Å². The van der Waals surface area contributed by atoms with E-state index in [4.69, 9.17) is 20.0 Å². The second kappa shape index (κ2) is 24.3. The molecule has 1 aliphatic rings. The quantitative estimate of drug-likeness (QED) is 0.0222. The molecule has 0 aliphatic carbocycles. The lowest BCUT2D eigenvalue weighted by Crippen LogP contribution is -2.54. The Balaban J connectivity index is 0.967. The van der Waals surface area contributed by atoms with Crippen molar-refractivity contribution in [2.75, 3.05) is 42.7 Å². The number of nitrogens with zero attached hydrogens (tertiary/aromatic N) is 3. The van der Waals surface area contributed by atoms with Crippen molar-refractivity contribution in [2.45, 2.75) is 81.1 Å². The zero-order valence-electron chi connectivity index (χ0n) is 41.8. The Morgan fingerprint density at radius 2 is 1.45 bits per heavy atom. The number of carbonyl (C=O) groups is 4. The highest BCUT2D eigenvalue weighted by Gasteiger charge is 2.40. The summed E-state index contributed by atoms with van der Waals surface area (Å²) in [6, 6.07) is 35.3. The van der Waals surface area contributed by atoms with Crippen molar-refractivity contribution in [3.8, 4) is 5.75 Å². The standard InChI is InChI=1S/C54H62N8O11S2/c1-36-29-43(73-28-14-22-49(64)56-25-13-21-42(55)35-74(68,69)70)30-37(2)50(36)75(71,72)60-45(52(66)67)34-58-51(65)47-32-48(63)44-24-23-38(31-46(44)61(47)3)33-59-53-57-26-27-62(53)54(39-15-7-4-8-16-39,40-17-9-5-10-18-40)41-19-11-6-12-20-41/h4-12,15-20,23-24,26-27,29-31,42,45,47,60H,13-14,21-22,25,28,32-35,55H2,1-3H3,(H,56,64)(H,57,59)(H,58,65)(H,66,67)(H,68,69,70)/t42-,45+,47?/m1/s1. The number of nitrogens with two attached hydrogens (primary N) is 1. The summed E-state index contributed by atoms with van der Waals surface area (Å²) in [5.74, 6) is -2.41. The predicted octanol–water partition coefficient (Wildman–Crippen LogP) is 5.16. The first-order valence-corrected chi connectivity index (χ1v) is 27.4. The van der Waals surface area contributed by atoms with Crippen molar-refractivity contribution in [1.29, 1.82) is 0 Å². The third kappa shape index (κ3) is 13.5. The Morgan fingerprint density at radius 3 is 2.03 bits per heavy atom. The summed E-state index contributed by atoms with van der Waals surface area (Å²) in [6.07, 6.45) is 4.63. The van der Waals surface area contributed by atoms with Crippen LogP contribution in [0.4, 0.5) is 11.6 Å². The van der Waals surface area contributed by atoms with E-state index >= 15 is 0 Å². The average Bonchev–Trinajstić information content (AvgIpc) is 3.85. The largest absolute Gasteiger partial charge is 0.494 e. The van der Waals surface area contributed by atoms with Crippen LogP contribution in [-0.2, 0) is 46.6 Å². The van der Waals surface area contributed by atoms with E-state index in [1.807, 2.05) is 72.9 Å². The number of amides is 2. The smallest absolute Gasteiger partial charge is 0.323 e. The molecule has 0 bridgehead atoms. The van der Waals surface area contributed by atoms with Gasteiger partial charge in [-0.2, -0.15) is 13.1 Å². The van der Waals surface area contributed by atoms with Crippen LogP contribution < -0.4 is 36.0 Å². The Hall–Kier alpha value is -7.43. The van der Waals surface area contributed by atoms with Crippen molar-refractivity contribution in [3.05, 3.63) is 173 Å². The molecule has 3 atom stereocenters. The highest BCUT2D eigenvalue weighted by molar-refractivity contribution is 7.89. The Bertz CT molecular complexity index is 3090. The number of carbonyl (C=O) groups excluding carboxylic acids is 3. The van der Waals surface area contributed by atoms with Gasteiger partial charge in [0, 0.05) is 69.2 Å². The van der Waals surface area contributed by atoms with Gasteiger partial charge in [-0.15, -0.1) is 0 Å². The van der Waals surface area contributed by atoms with Gasteiger partial charge in [0.2, 0.25) is 27.8 Å². The van der Waals surface area contributed by atoms with Gasteiger partial charge in [-0.3, -0.25) is 28.3 Å². The minimum Gasteiger partial charge on any atom is -0.494 e. The summed E-state index contributed by atoms with van der Waals surface area (Å²) in [5.41, 5.74) is 10.1. The number of aryl methyl sites for hydroxylation is 2. The van der Waals surface area contributed by atoms with Crippen LogP contribution in [0.5, 0.6) is 5.75 Å². The molecule has 75 heavy (non-hydrogen) atoms. The molecule has 21 heteroatoms. The number of carboxylic acid groups (broad SMARTS) is 1. The molecule has 0 spiro atoms. The molecule has 1 aliphatic heterocycles. The number of hydrogen-bond donors (Lipinski definition) is 7. The summed E-state index contributed by atoms with van der Waals surface area (Å²) in [7, 11) is -6.99. The van der Waals surface area contributed by atoms with E-state index in [9.17, 15) is 41.1 Å². The highest BCUT2D eigenvalue weighted by atomic mass is 32.2. The summed E-state index contributed by atoms with van der Waals surface area (Å²) >= 11 is 0. The fourth-order valence-corrected chi connectivity index (χ4v) is 11.9. The number of hydrogen-bond acceptors (Lipinski definition) is 13. The zero-order valence-corrected chi connectivity index (χ0v) is 43.4.